The molecule has 1 aromatic heterocycles. The molecule has 8 nitrogen and oxygen atoms in total. The molecule has 3 N–H and O–H groups in total. The van der Waals surface area contributed by atoms with Crippen molar-refractivity contribution in [2.75, 3.05) is 12.4 Å². The molecule has 28 heavy (non-hydrogen) atoms. The zero-order valence-corrected chi connectivity index (χ0v) is 18.3. The van der Waals surface area contributed by atoms with E-state index in [1.165, 1.54) is 12.1 Å². The van der Waals surface area contributed by atoms with E-state index in [4.69, 9.17) is 9.29 Å². The Hall–Kier alpha value is -1.91. The second-order valence-electron chi connectivity index (χ2n) is 5.80. The number of rotatable bonds is 8. The molecular weight excluding hydrogens is 397 g/mol. The van der Waals surface area contributed by atoms with Crippen LogP contribution in [0.5, 0.6) is 11.5 Å². The van der Waals surface area contributed by atoms with Gasteiger partial charge >= 0.3 is 29.6 Å². The van der Waals surface area contributed by atoms with E-state index in [1.54, 1.807) is 31.2 Å². The maximum Gasteiger partial charge on any atom is 1.00 e. The summed E-state index contributed by atoms with van der Waals surface area (Å²) in [4.78, 5) is 26.5. The molecule has 0 atom stereocenters. The third-order valence-corrected chi connectivity index (χ3v) is 4.30. The first-order chi connectivity index (χ1) is 12.7. The molecule has 1 aromatic carbocycles. The van der Waals surface area contributed by atoms with Crippen molar-refractivity contribution in [1.29, 1.82) is 0 Å². The number of aryl methyl sites for hydroxylation is 1. The monoisotopic (exact) mass is 416 g/mol. The number of H-pyrrole nitrogens is 1. The van der Waals surface area contributed by atoms with Gasteiger partial charge in [0.05, 0.1) is 12.4 Å². The van der Waals surface area contributed by atoms with Gasteiger partial charge in [0.15, 0.2) is 5.78 Å². The maximum atomic E-state index is 12.2. The van der Waals surface area contributed by atoms with Gasteiger partial charge in [0.2, 0.25) is 0 Å². The minimum absolute atomic E-state index is 0. The average molecular weight is 416 g/mol. The van der Waals surface area contributed by atoms with Crippen LogP contribution in [0, 0.1) is 6.92 Å². The van der Waals surface area contributed by atoms with E-state index in [9.17, 15) is 23.1 Å². The predicted molar refractivity (Wildman–Crippen MR) is 99.8 cm³/mol. The zero-order valence-electron chi connectivity index (χ0n) is 15.5. The molecule has 0 amide bonds. The number of ketones is 1. The van der Waals surface area contributed by atoms with Crippen LogP contribution in [0.4, 0.5) is 0 Å². The van der Waals surface area contributed by atoms with Crippen LogP contribution in [0.3, 0.4) is 0 Å². The Balaban J connectivity index is 0.00000392. The van der Waals surface area contributed by atoms with Crippen LogP contribution < -0.4 is 39.9 Å². The van der Waals surface area contributed by atoms with E-state index in [2.05, 4.69) is 4.98 Å². The number of benzene rings is 1. The number of carbonyl (C=O) groups excluding carboxylic acids is 1. The summed E-state index contributed by atoms with van der Waals surface area (Å²) in [6.45, 7) is 1.69. The molecule has 0 unspecified atom stereocenters. The standard InChI is InChI=1S/C18H19NO7S.Na/c1-12-10-16(21)17(18(22)19-12)15(20)7-6-13-4-2-5-14(11-13)26-8-3-9-27(23,24)25;/h2,4-7,10-11H,3,8-9H2,1H3,(H2,19,21,22)(H,23,24,25);/q;+1/b7-6+;. The van der Waals surface area contributed by atoms with Crippen molar-refractivity contribution in [2.24, 2.45) is 0 Å². The smallest absolute Gasteiger partial charge is 0.507 e. The Bertz CT molecular complexity index is 1030. The summed E-state index contributed by atoms with van der Waals surface area (Å²) >= 11 is 0. The first-order valence-corrected chi connectivity index (χ1v) is 9.60. The second-order valence-corrected chi connectivity index (χ2v) is 7.37. The van der Waals surface area contributed by atoms with Crippen molar-refractivity contribution < 1.29 is 57.2 Å². The van der Waals surface area contributed by atoms with E-state index in [0.29, 0.717) is 17.0 Å². The average Bonchev–Trinajstić information content (AvgIpc) is 2.55. The summed E-state index contributed by atoms with van der Waals surface area (Å²) in [5, 5.41) is 9.81. The van der Waals surface area contributed by atoms with Crippen LogP contribution >= 0.6 is 0 Å². The SMILES string of the molecule is Cc1cc(O)c(C(=O)/C=C/c2cccc(OCCCS(=O)(=O)O)c2)c(=O)[nH]1.[Na+]. The van der Waals surface area contributed by atoms with Crippen LogP contribution in [0.1, 0.15) is 28.0 Å². The van der Waals surface area contributed by atoms with Crippen LogP contribution in [0.25, 0.3) is 6.08 Å². The Morgan fingerprint density at radius 2 is 2.00 bits per heavy atom. The Kier molecular flexibility index (Phi) is 9.12. The summed E-state index contributed by atoms with van der Waals surface area (Å²) in [5.41, 5.74) is 0.0445. The molecule has 0 aliphatic rings. The number of allylic oxidation sites excluding steroid dienone is 1. The molecule has 0 bridgehead atoms. The molecule has 0 aliphatic heterocycles. The minimum Gasteiger partial charge on any atom is -0.507 e. The summed E-state index contributed by atoms with van der Waals surface area (Å²) in [6.07, 6.45) is 2.76. The summed E-state index contributed by atoms with van der Waals surface area (Å²) in [7, 11) is -4.02. The van der Waals surface area contributed by atoms with E-state index in [0.717, 1.165) is 6.08 Å². The van der Waals surface area contributed by atoms with Crippen molar-refractivity contribution in [3.63, 3.8) is 0 Å². The minimum atomic E-state index is -4.02. The van der Waals surface area contributed by atoms with Crippen LogP contribution in [0.2, 0.25) is 0 Å². The fourth-order valence-electron chi connectivity index (χ4n) is 2.30. The molecule has 0 saturated heterocycles. The number of aromatic amines is 1. The van der Waals surface area contributed by atoms with Crippen molar-refractivity contribution in [3.05, 3.63) is 63.6 Å². The quantitative estimate of drug-likeness (QED) is 0.164. The van der Waals surface area contributed by atoms with Gasteiger partial charge in [0.25, 0.3) is 15.7 Å². The van der Waals surface area contributed by atoms with Crippen molar-refractivity contribution in [3.8, 4) is 11.5 Å². The molecule has 0 saturated carbocycles. The molecule has 0 spiro atoms. The Labute approximate surface area is 184 Å². The van der Waals surface area contributed by atoms with Crippen molar-refractivity contribution in [2.45, 2.75) is 13.3 Å². The Morgan fingerprint density at radius 1 is 1.29 bits per heavy atom. The largest absolute Gasteiger partial charge is 1.00 e. The van der Waals surface area contributed by atoms with Gasteiger partial charge in [-0.15, -0.1) is 0 Å². The normalized spacial score (nSPS) is 11.2. The van der Waals surface area contributed by atoms with Gasteiger partial charge in [-0.2, -0.15) is 8.42 Å². The predicted octanol–water partition coefficient (Wildman–Crippen LogP) is -1.05. The van der Waals surface area contributed by atoms with Gasteiger partial charge in [-0.3, -0.25) is 14.1 Å². The van der Waals surface area contributed by atoms with Gasteiger partial charge in [-0.1, -0.05) is 18.2 Å². The summed E-state index contributed by atoms with van der Waals surface area (Å²) < 4.78 is 35.3. The number of hydrogen-bond acceptors (Lipinski definition) is 6. The fraction of sp³-hybridized carbons (Fsp3) is 0.222. The van der Waals surface area contributed by atoms with Crippen LogP contribution in [-0.4, -0.2) is 41.2 Å². The number of pyridine rings is 1. The number of hydrogen-bond donors (Lipinski definition) is 3. The molecule has 10 heteroatoms. The number of aromatic hydroxyl groups is 1. The van der Waals surface area contributed by atoms with Gasteiger partial charge < -0.3 is 14.8 Å². The van der Waals surface area contributed by atoms with Crippen LogP contribution in [-0.2, 0) is 10.1 Å². The van der Waals surface area contributed by atoms with Crippen molar-refractivity contribution in [1.82, 2.24) is 4.98 Å². The molecule has 0 radical (unpaired) electrons. The molecule has 2 rings (SSSR count). The molecule has 1 heterocycles. The summed E-state index contributed by atoms with van der Waals surface area (Å²) in [6, 6.07) is 7.95. The van der Waals surface area contributed by atoms with Gasteiger partial charge in [0.1, 0.15) is 17.1 Å². The molecular formula is C18H19NNaO7S+. The third-order valence-electron chi connectivity index (χ3n) is 3.49. The van der Waals surface area contributed by atoms with E-state index in [-0.39, 0.29) is 53.9 Å². The first-order valence-electron chi connectivity index (χ1n) is 7.99. The molecule has 2 aromatic rings. The van der Waals surface area contributed by atoms with Gasteiger partial charge in [0, 0.05) is 5.69 Å². The zero-order chi connectivity index (χ0) is 20.0. The van der Waals surface area contributed by atoms with Gasteiger partial charge in [-0.05, 0) is 43.2 Å². The van der Waals surface area contributed by atoms with E-state index >= 15 is 0 Å². The number of carbonyl (C=O) groups is 1. The van der Waals surface area contributed by atoms with E-state index in [1.807, 2.05) is 0 Å². The number of ether oxygens (including phenoxy) is 1. The Morgan fingerprint density at radius 3 is 2.64 bits per heavy atom. The summed E-state index contributed by atoms with van der Waals surface area (Å²) in [5.74, 6) is -0.971. The molecule has 0 fully saturated rings. The fourth-order valence-corrected chi connectivity index (χ4v) is 2.79. The molecule has 0 aliphatic carbocycles. The third kappa shape index (κ3) is 7.61. The first kappa shape index (κ1) is 24.1. The molecule has 144 valence electrons. The van der Waals surface area contributed by atoms with E-state index < -0.39 is 27.2 Å². The maximum absolute atomic E-state index is 12.2. The number of aromatic nitrogens is 1. The topological polar surface area (TPSA) is 134 Å². The second kappa shape index (κ2) is 10.6. The number of nitrogens with one attached hydrogen (secondary N) is 1. The van der Waals surface area contributed by atoms with Gasteiger partial charge in [-0.25, -0.2) is 0 Å². The van der Waals surface area contributed by atoms with Crippen molar-refractivity contribution >= 4 is 22.0 Å². The van der Waals surface area contributed by atoms with Crippen LogP contribution in [0.15, 0.2) is 41.2 Å².